The summed E-state index contributed by atoms with van der Waals surface area (Å²) in [5.74, 6) is -1.63. The summed E-state index contributed by atoms with van der Waals surface area (Å²) in [6, 6.07) is 20.2. The number of esters is 1. The zero-order valence-electron chi connectivity index (χ0n) is 21.0. The number of hydrogen-bond acceptors (Lipinski definition) is 8. The number of aromatic hydroxyl groups is 1. The number of hydrogen-bond donors (Lipinski definition) is 2. The summed E-state index contributed by atoms with van der Waals surface area (Å²) in [7, 11) is 1.30. The summed E-state index contributed by atoms with van der Waals surface area (Å²) in [5.41, 5.74) is 5.31. The lowest BCUT2D eigenvalue weighted by Crippen LogP contribution is -2.40. The number of ether oxygens (including phenoxy) is 3. The monoisotopic (exact) mass is 520 g/mol. The summed E-state index contributed by atoms with van der Waals surface area (Å²) in [6.07, 6.45) is 2.13. The number of rotatable bonds is 3. The molecule has 2 aliphatic heterocycles. The van der Waals surface area contributed by atoms with Gasteiger partial charge in [0.1, 0.15) is 11.7 Å². The summed E-state index contributed by atoms with van der Waals surface area (Å²) >= 11 is 0. The fourth-order valence-corrected chi connectivity index (χ4v) is 6.17. The lowest BCUT2D eigenvalue weighted by atomic mass is 9.66. The van der Waals surface area contributed by atoms with Crippen molar-refractivity contribution in [3.63, 3.8) is 0 Å². The highest BCUT2D eigenvalue weighted by Crippen LogP contribution is 2.52. The van der Waals surface area contributed by atoms with Crippen molar-refractivity contribution in [2.75, 3.05) is 19.2 Å². The molecule has 0 spiro atoms. The SMILES string of the molecule is COC(=O)C1C(=O)C2=C(CC1c1ccc3c(c1)OCO3)Nc1ccc3ncccc3c1C2c1cccc(O)c1. The first kappa shape index (κ1) is 23.3. The Morgan fingerprint density at radius 3 is 2.74 bits per heavy atom. The fourth-order valence-electron chi connectivity index (χ4n) is 6.17. The van der Waals surface area contributed by atoms with Gasteiger partial charge in [-0.25, -0.2) is 0 Å². The van der Waals surface area contributed by atoms with Gasteiger partial charge >= 0.3 is 5.97 Å². The average Bonchev–Trinajstić information content (AvgIpc) is 3.43. The molecule has 7 rings (SSSR count). The highest BCUT2D eigenvalue weighted by molar-refractivity contribution is 6.13. The number of phenolic OH excluding ortho intramolecular Hbond substituents is 1. The minimum atomic E-state index is -1.05. The minimum Gasteiger partial charge on any atom is -0.508 e. The van der Waals surface area contributed by atoms with E-state index in [0.717, 1.165) is 39.0 Å². The number of carbonyl (C=O) groups excluding carboxylic acids is 2. The van der Waals surface area contributed by atoms with E-state index in [0.29, 0.717) is 23.5 Å². The number of fused-ring (bicyclic) bond motifs is 4. The number of ketones is 1. The number of nitrogens with one attached hydrogen (secondary N) is 1. The van der Waals surface area contributed by atoms with Crippen molar-refractivity contribution in [3.8, 4) is 17.2 Å². The Balaban J connectivity index is 1.44. The maximum absolute atomic E-state index is 14.5. The average molecular weight is 521 g/mol. The number of benzene rings is 3. The lowest BCUT2D eigenvalue weighted by molar-refractivity contribution is -0.149. The van der Waals surface area contributed by atoms with E-state index in [1.165, 1.54) is 7.11 Å². The van der Waals surface area contributed by atoms with Crippen LogP contribution in [0.1, 0.15) is 34.9 Å². The van der Waals surface area contributed by atoms with Crippen LogP contribution in [0, 0.1) is 5.92 Å². The number of allylic oxidation sites excluding steroid dienone is 2. The van der Waals surface area contributed by atoms with Gasteiger partial charge in [-0.05, 0) is 65.6 Å². The van der Waals surface area contributed by atoms with Crippen molar-refractivity contribution < 1.29 is 28.9 Å². The normalized spacial score (nSPS) is 21.3. The molecule has 39 heavy (non-hydrogen) atoms. The van der Waals surface area contributed by atoms with Crippen molar-refractivity contribution in [3.05, 3.63) is 101 Å². The van der Waals surface area contributed by atoms with Crippen LogP contribution in [-0.4, -0.2) is 35.7 Å². The summed E-state index contributed by atoms with van der Waals surface area (Å²) in [6.45, 7) is 0.130. The molecule has 4 aromatic rings. The van der Waals surface area contributed by atoms with Crippen molar-refractivity contribution in [1.29, 1.82) is 0 Å². The third kappa shape index (κ3) is 3.63. The number of pyridine rings is 1. The van der Waals surface area contributed by atoms with E-state index in [9.17, 15) is 14.7 Å². The number of carbonyl (C=O) groups is 2. The van der Waals surface area contributed by atoms with Gasteiger partial charge in [0.05, 0.1) is 12.6 Å². The van der Waals surface area contributed by atoms with Crippen LogP contribution in [0.5, 0.6) is 17.2 Å². The van der Waals surface area contributed by atoms with Gasteiger partial charge in [0.2, 0.25) is 6.79 Å². The van der Waals surface area contributed by atoms with Crippen LogP contribution in [0.4, 0.5) is 5.69 Å². The summed E-state index contributed by atoms with van der Waals surface area (Å²) < 4.78 is 16.2. The van der Waals surface area contributed by atoms with Gasteiger partial charge in [-0.15, -0.1) is 0 Å². The Morgan fingerprint density at radius 1 is 1.03 bits per heavy atom. The van der Waals surface area contributed by atoms with E-state index < -0.39 is 23.7 Å². The Hall–Kier alpha value is -4.85. The van der Waals surface area contributed by atoms with Crippen LogP contribution >= 0.6 is 0 Å². The van der Waals surface area contributed by atoms with E-state index in [-0.39, 0.29) is 18.3 Å². The van der Waals surface area contributed by atoms with Crippen molar-refractivity contribution in [2.24, 2.45) is 5.92 Å². The Morgan fingerprint density at radius 2 is 1.90 bits per heavy atom. The molecule has 0 bridgehead atoms. The second-order valence-electron chi connectivity index (χ2n) is 9.93. The predicted molar refractivity (Wildman–Crippen MR) is 143 cm³/mol. The van der Waals surface area contributed by atoms with E-state index in [1.54, 1.807) is 30.5 Å². The Kier molecular flexibility index (Phi) is 5.30. The molecule has 8 heteroatoms. The van der Waals surface area contributed by atoms with Gasteiger partial charge < -0.3 is 24.6 Å². The first-order chi connectivity index (χ1) is 19.0. The third-order valence-electron chi connectivity index (χ3n) is 7.87. The largest absolute Gasteiger partial charge is 0.508 e. The Labute approximate surface area is 223 Å². The van der Waals surface area contributed by atoms with Gasteiger partial charge in [0, 0.05) is 40.4 Å². The van der Waals surface area contributed by atoms with E-state index >= 15 is 0 Å². The zero-order valence-corrected chi connectivity index (χ0v) is 21.0. The number of anilines is 1. The second kappa shape index (κ2) is 8.87. The third-order valence-corrected chi connectivity index (χ3v) is 7.87. The van der Waals surface area contributed by atoms with Crippen LogP contribution < -0.4 is 14.8 Å². The smallest absolute Gasteiger partial charge is 0.317 e. The Bertz CT molecular complexity index is 1710. The minimum absolute atomic E-state index is 0.0964. The van der Waals surface area contributed by atoms with Crippen LogP contribution in [-0.2, 0) is 14.3 Å². The molecule has 0 saturated carbocycles. The number of phenols is 1. The first-order valence-corrected chi connectivity index (χ1v) is 12.7. The second-order valence-corrected chi connectivity index (χ2v) is 9.93. The summed E-state index contributed by atoms with van der Waals surface area (Å²) in [4.78, 5) is 32.2. The topological polar surface area (TPSA) is 107 Å². The van der Waals surface area contributed by atoms with Crippen LogP contribution in [0.15, 0.2) is 84.2 Å². The molecule has 0 fully saturated rings. The van der Waals surface area contributed by atoms with Crippen molar-refractivity contribution >= 4 is 28.3 Å². The maximum atomic E-state index is 14.5. The zero-order chi connectivity index (χ0) is 26.7. The lowest BCUT2D eigenvalue weighted by Gasteiger charge is -2.39. The van der Waals surface area contributed by atoms with Gasteiger partial charge in [-0.2, -0.15) is 0 Å². The number of aromatic nitrogens is 1. The van der Waals surface area contributed by atoms with Gasteiger partial charge in [0.15, 0.2) is 17.3 Å². The van der Waals surface area contributed by atoms with Crippen molar-refractivity contribution in [1.82, 2.24) is 4.98 Å². The molecule has 0 saturated heterocycles. The van der Waals surface area contributed by atoms with E-state index in [1.807, 2.05) is 42.5 Å². The molecule has 3 aromatic carbocycles. The molecular formula is C31H24N2O6. The van der Waals surface area contributed by atoms with E-state index in [2.05, 4.69) is 10.3 Å². The van der Waals surface area contributed by atoms with Gasteiger partial charge in [-0.3, -0.25) is 14.6 Å². The first-order valence-electron chi connectivity index (χ1n) is 12.7. The predicted octanol–water partition coefficient (Wildman–Crippen LogP) is 5.03. The molecule has 3 unspecified atom stereocenters. The standard InChI is InChI=1S/C31H24N2O6/c1-37-31(36)28-20(16-7-10-24-25(13-16)39-15-38-24)14-23-29(30(28)35)26(17-4-2-5-18(34)12-17)27-19-6-3-11-32-21(19)8-9-22(27)33-23/h2-13,20,26,28,33-34H,14-15H2,1H3. The van der Waals surface area contributed by atoms with E-state index in [4.69, 9.17) is 14.2 Å². The van der Waals surface area contributed by atoms with Gasteiger partial charge in [-0.1, -0.05) is 24.3 Å². The fraction of sp³-hybridized carbons (Fsp3) is 0.194. The van der Waals surface area contributed by atoms with Crippen molar-refractivity contribution in [2.45, 2.75) is 18.3 Å². The molecule has 194 valence electrons. The molecule has 8 nitrogen and oxygen atoms in total. The molecule has 0 radical (unpaired) electrons. The molecule has 3 atom stereocenters. The summed E-state index contributed by atoms with van der Waals surface area (Å²) in [5, 5.41) is 14.8. The molecule has 2 N–H and O–H groups in total. The quantitative estimate of drug-likeness (QED) is 0.286. The molecular weight excluding hydrogens is 496 g/mol. The number of methoxy groups -OCH3 is 1. The number of Topliss-reactive ketones (excluding diaryl/α,β-unsaturated/α-hetero) is 1. The highest BCUT2D eigenvalue weighted by atomic mass is 16.7. The highest BCUT2D eigenvalue weighted by Gasteiger charge is 2.48. The maximum Gasteiger partial charge on any atom is 0.317 e. The van der Waals surface area contributed by atoms with Gasteiger partial charge in [0.25, 0.3) is 0 Å². The molecule has 3 aliphatic rings. The molecule has 0 amide bonds. The number of nitrogens with zero attached hydrogens (tertiary/aromatic N) is 1. The molecule has 3 heterocycles. The van der Waals surface area contributed by atoms with Crippen LogP contribution in [0.3, 0.4) is 0 Å². The van der Waals surface area contributed by atoms with Crippen LogP contribution in [0.25, 0.3) is 10.9 Å². The molecule has 1 aromatic heterocycles. The molecule has 1 aliphatic carbocycles. The van der Waals surface area contributed by atoms with Crippen LogP contribution in [0.2, 0.25) is 0 Å².